The standard InChI is InChI=1S/C11H14ClF2N/c1-8(5-6-12)15-7-9-3-2-4-10(13)11(9)14/h2-4,8,15H,5-7H2,1H3. The van der Waals surface area contributed by atoms with Crippen LogP contribution in [0.3, 0.4) is 0 Å². The number of hydrogen-bond donors (Lipinski definition) is 1. The van der Waals surface area contributed by atoms with Gasteiger partial charge < -0.3 is 5.32 Å². The molecule has 15 heavy (non-hydrogen) atoms. The lowest BCUT2D eigenvalue weighted by molar-refractivity contribution is 0.478. The van der Waals surface area contributed by atoms with Gasteiger partial charge in [-0.3, -0.25) is 0 Å². The van der Waals surface area contributed by atoms with E-state index in [1.807, 2.05) is 6.92 Å². The van der Waals surface area contributed by atoms with Crippen LogP contribution in [0.1, 0.15) is 18.9 Å². The summed E-state index contributed by atoms with van der Waals surface area (Å²) >= 11 is 5.56. The van der Waals surface area contributed by atoms with Gasteiger partial charge in [0.1, 0.15) is 0 Å². The molecule has 84 valence electrons. The van der Waals surface area contributed by atoms with E-state index in [0.29, 0.717) is 18.0 Å². The summed E-state index contributed by atoms with van der Waals surface area (Å²) in [4.78, 5) is 0. The molecule has 1 unspecified atom stereocenters. The summed E-state index contributed by atoms with van der Waals surface area (Å²) in [7, 11) is 0. The topological polar surface area (TPSA) is 12.0 Å². The SMILES string of the molecule is CC(CCCl)NCc1cccc(F)c1F. The van der Waals surface area contributed by atoms with Crippen molar-refractivity contribution in [2.24, 2.45) is 0 Å². The van der Waals surface area contributed by atoms with Crippen molar-refractivity contribution in [2.45, 2.75) is 25.9 Å². The molecule has 0 aliphatic rings. The molecule has 1 N–H and O–H groups in total. The van der Waals surface area contributed by atoms with Crippen LogP contribution >= 0.6 is 11.6 Å². The highest BCUT2D eigenvalue weighted by Crippen LogP contribution is 2.11. The quantitative estimate of drug-likeness (QED) is 0.771. The molecule has 1 aromatic carbocycles. The highest BCUT2D eigenvalue weighted by Gasteiger charge is 2.08. The Bertz CT molecular complexity index is 317. The predicted molar refractivity (Wildman–Crippen MR) is 58.0 cm³/mol. The van der Waals surface area contributed by atoms with Gasteiger partial charge in [0.15, 0.2) is 11.6 Å². The fraction of sp³-hybridized carbons (Fsp3) is 0.455. The summed E-state index contributed by atoms with van der Waals surface area (Å²) in [5.41, 5.74) is 0.344. The second-order valence-electron chi connectivity index (χ2n) is 3.47. The Labute approximate surface area is 93.4 Å². The van der Waals surface area contributed by atoms with Crippen LogP contribution in [-0.4, -0.2) is 11.9 Å². The third kappa shape index (κ3) is 3.76. The number of alkyl halides is 1. The Hall–Kier alpha value is -0.670. The molecule has 0 saturated carbocycles. The lowest BCUT2D eigenvalue weighted by atomic mass is 10.2. The van der Waals surface area contributed by atoms with Gasteiger partial charge in [0.05, 0.1) is 0 Å². The number of rotatable bonds is 5. The monoisotopic (exact) mass is 233 g/mol. The molecule has 0 bridgehead atoms. The van der Waals surface area contributed by atoms with Gasteiger partial charge >= 0.3 is 0 Å². The van der Waals surface area contributed by atoms with E-state index < -0.39 is 11.6 Å². The van der Waals surface area contributed by atoms with Gasteiger partial charge in [-0.1, -0.05) is 12.1 Å². The van der Waals surface area contributed by atoms with Gasteiger partial charge in [-0.05, 0) is 19.4 Å². The van der Waals surface area contributed by atoms with Crippen LogP contribution in [0.2, 0.25) is 0 Å². The zero-order chi connectivity index (χ0) is 11.3. The summed E-state index contributed by atoms with van der Waals surface area (Å²) in [6.07, 6.45) is 0.804. The van der Waals surface area contributed by atoms with E-state index in [1.54, 1.807) is 6.07 Å². The molecule has 1 nitrogen and oxygen atoms in total. The lowest BCUT2D eigenvalue weighted by Crippen LogP contribution is -2.26. The Morgan fingerprint density at radius 1 is 1.40 bits per heavy atom. The first-order chi connectivity index (χ1) is 7.15. The van der Waals surface area contributed by atoms with Crippen molar-refractivity contribution in [1.29, 1.82) is 0 Å². The average Bonchev–Trinajstić information content (AvgIpc) is 2.21. The fourth-order valence-corrected chi connectivity index (χ4v) is 1.56. The third-order valence-electron chi connectivity index (χ3n) is 2.21. The van der Waals surface area contributed by atoms with E-state index in [4.69, 9.17) is 11.6 Å². The van der Waals surface area contributed by atoms with E-state index in [1.165, 1.54) is 6.07 Å². The lowest BCUT2D eigenvalue weighted by Gasteiger charge is -2.12. The number of nitrogens with one attached hydrogen (secondary N) is 1. The maximum atomic E-state index is 13.2. The molecule has 1 atom stereocenters. The van der Waals surface area contributed by atoms with Crippen molar-refractivity contribution < 1.29 is 8.78 Å². The minimum Gasteiger partial charge on any atom is -0.310 e. The molecule has 0 aliphatic carbocycles. The Morgan fingerprint density at radius 3 is 2.80 bits per heavy atom. The van der Waals surface area contributed by atoms with Gasteiger partial charge in [-0.25, -0.2) is 8.78 Å². The molecule has 0 saturated heterocycles. The predicted octanol–water partition coefficient (Wildman–Crippen LogP) is 3.07. The van der Waals surface area contributed by atoms with E-state index in [2.05, 4.69) is 5.32 Å². The van der Waals surface area contributed by atoms with Crippen molar-refractivity contribution >= 4 is 11.6 Å². The van der Waals surface area contributed by atoms with Crippen molar-refractivity contribution in [3.63, 3.8) is 0 Å². The molecule has 0 aromatic heterocycles. The largest absolute Gasteiger partial charge is 0.310 e. The maximum Gasteiger partial charge on any atom is 0.163 e. The van der Waals surface area contributed by atoms with Crippen LogP contribution in [0.4, 0.5) is 8.78 Å². The summed E-state index contributed by atoms with van der Waals surface area (Å²) < 4.78 is 26.0. The van der Waals surface area contributed by atoms with Gasteiger partial charge in [0.2, 0.25) is 0 Å². The molecule has 0 aliphatic heterocycles. The summed E-state index contributed by atoms with van der Waals surface area (Å²) in [5, 5.41) is 3.08. The number of benzene rings is 1. The number of halogens is 3. The van der Waals surface area contributed by atoms with Gasteiger partial charge in [0.25, 0.3) is 0 Å². The van der Waals surface area contributed by atoms with E-state index in [0.717, 1.165) is 12.5 Å². The molecular weight excluding hydrogens is 220 g/mol. The first-order valence-corrected chi connectivity index (χ1v) is 5.41. The Morgan fingerprint density at radius 2 is 2.13 bits per heavy atom. The van der Waals surface area contributed by atoms with Crippen molar-refractivity contribution in [1.82, 2.24) is 5.32 Å². The van der Waals surface area contributed by atoms with E-state index in [9.17, 15) is 8.78 Å². The molecule has 0 spiro atoms. The van der Waals surface area contributed by atoms with E-state index in [-0.39, 0.29) is 6.04 Å². The maximum absolute atomic E-state index is 13.2. The van der Waals surface area contributed by atoms with Crippen LogP contribution in [0.5, 0.6) is 0 Å². The van der Waals surface area contributed by atoms with Crippen molar-refractivity contribution in [3.05, 3.63) is 35.4 Å². The minimum atomic E-state index is -0.806. The zero-order valence-corrected chi connectivity index (χ0v) is 9.32. The molecule has 1 aromatic rings. The van der Waals surface area contributed by atoms with Crippen LogP contribution in [0.15, 0.2) is 18.2 Å². The molecule has 0 amide bonds. The molecular formula is C11H14ClF2N. The van der Waals surface area contributed by atoms with E-state index >= 15 is 0 Å². The highest BCUT2D eigenvalue weighted by molar-refractivity contribution is 6.17. The molecule has 4 heteroatoms. The molecule has 1 rings (SSSR count). The Balaban J connectivity index is 2.54. The summed E-state index contributed by atoms with van der Waals surface area (Å²) in [6.45, 7) is 2.28. The molecule has 0 heterocycles. The summed E-state index contributed by atoms with van der Waals surface area (Å²) in [6, 6.07) is 4.38. The smallest absolute Gasteiger partial charge is 0.163 e. The van der Waals surface area contributed by atoms with Crippen molar-refractivity contribution in [3.8, 4) is 0 Å². The average molecular weight is 234 g/mol. The van der Waals surface area contributed by atoms with Gasteiger partial charge in [-0.15, -0.1) is 11.6 Å². The summed E-state index contributed by atoms with van der Waals surface area (Å²) in [5.74, 6) is -1.03. The van der Waals surface area contributed by atoms with Gasteiger partial charge in [-0.2, -0.15) is 0 Å². The highest BCUT2D eigenvalue weighted by atomic mass is 35.5. The Kier molecular flexibility index (Phi) is 4.99. The first-order valence-electron chi connectivity index (χ1n) is 4.87. The van der Waals surface area contributed by atoms with Gasteiger partial charge in [0, 0.05) is 24.0 Å². The van der Waals surface area contributed by atoms with Crippen LogP contribution < -0.4 is 5.32 Å². The minimum absolute atomic E-state index is 0.199. The second-order valence-corrected chi connectivity index (χ2v) is 3.85. The van der Waals surface area contributed by atoms with Crippen LogP contribution in [0, 0.1) is 11.6 Å². The van der Waals surface area contributed by atoms with Crippen molar-refractivity contribution in [2.75, 3.05) is 5.88 Å². The third-order valence-corrected chi connectivity index (χ3v) is 2.43. The second kappa shape index (κ2) is 6.03. The number of hydrogen-bond acceptors (Lipinski definition) is 1. The normalized spacial score (nSPS) is 12.8. The molecule has 0 radical (unpaired) electrons. The van der Waals surface area contributed by atoms with Crippen LogP contribution in [-0.2, 0) is 6.54 Å². The first kappa shape index (κ1) is 12.4. The molecule has 0 fully saturated rings. The fourth-order valence-electron chi connectivity index (χ4n) is 1.23. The zero-order valence-electron chi connectivity index (χ0n) is 8.56. The van der Waals surface area contributed by atoms with Crippen LogP contribution in [0.25, 0.3) is 0 Å².